The molecule has 1 rings (SSSR count). The maximum absolute atomic E-state index is 8.93. The zero-order valence-corrected chi connectivity index (χ0v) is 7.85. The van der Waals surface area contributed by atoms with Gasteiger partial charge in [0.15, 0.2) is 0 Å². The molecular formula is C9H11ClO2. The Morgan fingerprint density at radius 2 is 2.17 bits per heavy atom. The first kappa shape index (κ1) is 9.36. The van der Waals surface area contributed by atoms with Crippen LogP contribution in [0.2, 0.25) is 5.02 Å². The molecule has 0 saturated heterocycles. The number of halogens is 1. The summed E-state index contributed by atoms with van der Waals surface area (Å²) >= 11 is 5.94. The number of aliphatic hydroxyl groups excluding tert-OH is 1. The monoisotopic (exact) mass is 186 g/mol. The summed E-state index contributed by atoms with van der Waals surface area (Å²) in [6, 6.07) is 3.66. The SMILES string of the molecule is COc1c(CO)ccc(C)c1Cl. The number of ether oxygens (including phenoxy) is 1. The molecule has 0 fully saturated rings. The van der Waals surface area contributed by atoms with Crippen molar-refractivity contribution in [3.05, 3.63) is 28.3 Å². The summed E-state index contributed by atoms with van der Waals surface area (Å²) in [5.41, 5.74) is 1.67. The van der Waals surface area contributed by atoms with E-state index in [0.29, 0.717) is 16.3 Å². The van der Waals surface area contributed by atoms with Crippen LogP contribution in [-0.2, 0) is 6.61 Å². The molecule has 0 aliphatic carbocycles. The number of hydrogen-bond acceptors (Lipinski definition) is 2. The molecule has 66 valence electrons. The third-order valence-corrected chi connectivity index (χ3v) is 2.22. The van der Waals surface area contributed by atoms with E-state index < -0.39 is 0 Å². The van der Waals surface area contributed by atoms with E-state index in [1.165, 1.54) is 0 Å². The molecule has 12 heavy (non-hydrogen) atoms. The third kappa shape index (κ3) is 1.54. The zero-order valence-electron chi connectivity index (χ0n) is 7.10. The topological polar surface area (TPSA) is 29.5 Å². The molecule has 1 aromatic rings. The molecule has 2 nitrogen and oxygen atoms in total. The molecule has 0 atom stereocenters. The predicted molar refractivity (Wildman–Crippen MR) is 48.7 cm³/mol. The fourth-order valence-corrected chi connectivity index (χ4v) is 1.30. The Balaban J connectivity index is 3.25. The van der Waals surface area contributed by atoms with E-state index in [9.17, 15) is 0 Å². The van der Waals surface area contributed by atoms with Gasteiger partial charge in [-0.25, -0.2) is 0 Å². The smallest absolute Gasteiger partial charge is 0.143 e. The Kier molecular flexibility index (Phi) is 2.95. The minimum Gasteiger partial charge on any atom is -0.495 e. The van der Waals surface area contributed by atoms with Crippen molar-refractivity contribution >= 4 is 11.6 Å². The van der Waals surface area contributed by atoms with Crippen molar-refractivity contribution in [1.29, 1.82) is 0 Å². The van der Waals surface area contributed by atoms with Gasteiger partial charge in [-0.3, -0.25) is 0 Å². The van der Waals surface area contributed by atoms with Crippen LogP contribution in [0.15, 0.2) is 12.1 Å². The number of rotatable bonds is 2. The summed E-state index contributed by atoms with van der Waals surface area (Å²) in [5, 5.41) is 9.50. The van der Waals surface area contributed by atoms with Crippen molar-refractivity contribution in [1.82, 2.24) is 0 Å². The van der Waals surface area contributed by atoms with Gasteiger partial charge in [-0.2, -0.15) is 0 Å². The quantitative estimate of drug-likeness (QED) is 0.767. The number of methoxy groups -OCH3 is 1. The average molecular weight is 187 g/mol. The molecule has 0 saturated carbocycles. The largest absolute Gasteiger partial charge is 0.495 e. The Bertz CT molecular complexity index is 284. The van der Waals surface area contributed by atoms with Crippen molar-refractivity contribution in [2.24, 2.45) is 0 Å². The highest BCUT2D eigenvalue weighted by atomic mass is 35.5. The molecule has 0 aliphatic heterocycles. The maximum atomic E-state index is 8.93. The normalized spacial score (nSPS) is 10.0. The third-order valence-electron chi connectivity index (χ3n) is 1.75. The Morgan fingerprint density at radius 3 is 2.67 bits per heavy atom. The van der Waals surface area contributed by atoms with Crippen molar-refractivity contribution in [2.75, 3.05) is 7.11 Å². The van der Waals surface area contributed by atoms with E-state index in [-0.39, 0.29) is 6.61 Å². The van der Waals surface area contributed by atoms with Crippen molar-refractivity contribution in [2.45, 2.75) is 13.5 Å². The number of aryl methyl sites for hydroxylation is 1. The van der Waals surface area contributed by atoms with Crippen LogP contribution in [0.4, 0.5) is 0 Å². The van der Waals surface area contributed by atoms with E-state index in [1.807, 2.05) is 13.0 Å². The minimum atomic E-state index is -0.0524. The van der Waals surface area contributed by atoms with Crippen LogP contribution in [0, 0.1) is 6.92 Å². The molecule has 0 aromatic heterocycles. The molecule has 0 spiro atoms. The number of aliphatic hydroxyl groups is 1. The molecular weight excluding hydrogens is 176 g/mol. The first-order chi connectivity index (χ1) is 5.70. The molecule has 0 heterocycles. The maximum Gasteiger partial charge on any atom is 0.143 e. The predicted octanol–water partition coefficient (Wildman–Crippen LogP) is 2.15. The van der Waals surface area contributed by atoms with Crippen LogP contribution in [0.3, 0.4) is 0 Å². The second-order valence-electron chi connectivity index (χ2n) is 2.55. The summed E-state index contributed by atoms with van der Waals surface area (Å²) in [4.78, 5) is 0. The Hall–Kier alpha value is -0.730. The fraction of sp³-hybridized carbons (Fsp3) is 0.333. The summed E-state index contributed by atoms with van der Waals surface area (Å²) in [6.45, 7) is 1.84. The summed E-state index contributed by atoms with van der Waals surface area (Å²) in [6.07, 6.45) is 0. The molecule has 0 radical (unpaired) electrons. The molecule has 1 N–H and O–H groups in total. The van der Waals surface area contributed by atoms with Gasteiger partial charge in [0, 0.05) is 5.56 Å². The first-order valence-electron chi connectivity index (χ1n) is 3.63. The van der Waals surface area contributed by atoms with Gasteiger partial charge >= 0.3 is 0 Å². The van der Waals surface area contributed by atoms with E-state index in [0.717, 1.165) is 5.56 Å². The van der Waals surface area contributed by atoms with Crippen molar-refractivity contribution in [3.8, 4) is 5.75 Å². The Morgan fingerprint density at radius 1 is 1.50 bits per heavy atom. The lowest BCUT2D eigenvalue weighted by Crippen LogP contribution is -1.93. The lowest BCUT2D eigenvalue weighted by molar-refractivity contribution is 0.274. The van der Waals surface area contributed by atoms with E-state index in [4.69, 9.17) is 21.4 Å². The van der Waals surface area contributed by atoms with E-state index in [2.05, 4.69) is 0 Å². The van der Waals surface area contributed by atoms with E-state index in [1.54, 1.807) is 13.2 Å². The lowest BCUT2D eigenvalue weighted by Gasteiger charge is -2.09. The molecule has 0 unspecified atom stereocenters. The lowest BCUT2D eigenvalue weighted by atomic mass is 10.1. The second kappa shape index (κ2) is 3.78. The molecule has 0 aliphatic rings. The minimum absolute atomic E-state index is 0.0524. The highest BCUT2D eigenvalue weighted by Crippen LogP contribution is 2.31. The van der Waals surface area contributed by atoms with Gasteiger partial charge in [0.25, 0.3) is 0 Å². The zero-order chi connectivity index (χ0) is 9.14. The van der Waals surface area contributed by atoms with Crippen LogP contribution in [-0.4, -0.2) is 12.2 Å². The van der Waals surface area contributed by atoms with Crippen LogP contribution < -0.4 is 4.74 Å². The van der Waals surface area contributed by atoms with Crippen molar-refractivity contribution in [3.63, 3.8) is 0 Å². The van der Waals surface area contributed by atoms with Gasteiger partial charge in [-0.15, -0.1) is 0 Å². The van der Waals surface area contributed by atoms with Crippen LogP contribution >= 0.6 is 11.6 Å². The van der Waals surface area contributed by atoms with Gasteiger partial charge in [0.2, 0.25) is 0 Å². The Labute approximate surface area is 76.7 Å². The van der Waals surface area contributed by atoms with Crippen LogP contribution in [0.5, 0.6) is 5.75 Å². The van der Waals surface area contributed by atoms with Gasteiger partial charge in [0.1, 0.15) is 5.75 Å². The van der Waals surface area contributed by atoms with Crippen LogP contribution in [0.25, 0.3) is 0 Å². The standard InChI is InChI=1S/C9H11ClO2/c1-6-3-4-7(5-11)9(12-2)8(6)10/h3-4,11H,5H2,1-2H3. The van der Waals surface area contributed by atoms with Gasteiger partial charge < -0.3 is 9.84 Å². The van der Waals surface area contributed by atoms with Crippen LogP contribution in [0.1, 0.15) is 11.1 Å². The molecule has 1 aromatic carbocycles. The highest BCUT2D eigenvalue weighted by molar-refractivity contribution is 6.32. The van der Waals surface area contributed by atoms with Gasteiger partial charge in [-0.05, 0) is 12.5 Å². The number of benzene rings is 1. The number of hydrogen-bond donors (Lipinski definition) is 1. The molecule has 0 bridgehead atoms. The summed E-state index contributed by atoms with van der Waals surface area (Å²) in [7, 11) is 1.54. The fourth-order valence-electron chi connectivity index (χ4n) is 1.04. The van der Waals surface area contributed by atoms with Gasteiger partial charge in [-0.1, -0.05) is 23.7 Å². The molecule has 0 amide bonds. The summed E-state index contributed by atoms with van der Waals surface area (Å²) < 4.78 is 5.06. The average Bonchev–Trinajstić information content (AvgIpc) is 2.09. The molecule has 3 heteroatoms. The highest BCUT2D eigenvalue weighted by Gasteiger charge is 2.08. The van der Waals surface area contributed by atoms with E-state index >= 15 is 0 Å². The second-order valence-corrected chi connectivity index (χ2v) is 2.92. The van der Waals surface area contributed by atoms with Crippen molar-refractivity contribution < 1.29 is 9.84 Å². The first-order valence-corrected chi connectivity index (χ1v) is 4.01. The van der Waals surface area contributed by atoms with Gasteiger partial charge in [0.05, 0.1) is 18.7 Å². The summed E-state index contributed by atoms with van der Waals surface area (Å²) in [5.74, 6) is 0.569.